The number of nitrogens with zero attached hydrogens (tertiary/aromatic N) is 1. The Balaban J connectivity index is 1.42. The number of pyridine rings is 1. The molecule has 4 rings (SSSR count). The maximum atomic E-state index is 12.5. The molecule has 0 aliphatic heterocycles. The number of rotatable bonds is 6. The summed E-state index contributed by atoms with van der Waals surface area (Å²) in [4.78, 5) is 20.3. The van der Waals surface area contributed by atoms with E-state index in [2.05, 4.69) is 34.3 Å². The highest BCUT2D eigenvalue weighted by Gasteiger charge is 2.11. The predicted molar refractivity (Wildman–Crippen MR) is 115 cm³/mol. The molecule has 0 saturated heterocycles. The molecule has 5 heteroatoms. The molecular weight excluding hydrogens is 362 g/mol. The minimum absolute atomic E-state index is 0.124. The highest BCUT2D eigenvalue weighted by molar-refractivity contribution is 5.94. The quantitative estimate of drug-likeness (QED) is 0.513. The van der Waals surface area contributed by atoms with Crippen molar-refractivity contribution in [1.29, 1.82) is 0 Å². The second-order valence-corrected chi connectivity index (χ2v) is 6.91. The van der Waals surface area contributed by atoms with Crippen molar-refractivity contribution in [3.8, 4) is 17.0 Å². The molecule has 5 nitrogen and oxygen atoms in total. The Kier molecular flexibility index (Phi) is 5.29. The Bertz CT molecular complexity index is 1150. The van der Waals surface area contributed by atoms with Crippen molar-refractivity contribution >= 4 is 16.8 Å². The molecular formula is C24H23N3O2. The molecule has 0 aliphatic carbocycles. The van der Waals surface area contributed by atoms with Crippen LogP contribution in [0.25, 0.3) is 22.2 Å². The first-order valence-electron chi connectivity index (χ1n) is 9.61. The van der Waals surface area contributed by atoms with Crippen LogP contribution >= 0.6 is 0 Å². The lowest BCUT2D eigenvalue weighted by molar-refractivity contribution is 0.0954. The van der Waals surface area contributed by atoms with Gasteiger partial charge in [0.25, 0.3) is 5.91 Å². The molecule has 1 amide bonds. The van der Waals surface area contributed by atoms with Gasteiger partial charge < -0.3 is 15.0 Å². The normalized spacial score (nSPS) is 10.8. The van der Waals surface area contributed by atoms with Crippen LogP contribution in [0.5, 0.6) is 5.75 Å². The molecule has 0 bridgehead atoms. The van der Waals surface area contributed by atoms with E-state index in [-0.39, 0.29) is 5.91 Å². The molecule has 0 fully saturated rings. The molecule has 146 valence electrons. The summed E-state index contributed by atoms with van der Waals surface area (Å²) in [6.07, 6.45) is 2.38. The summed E-state index contributed by atoms with van der Waals surface area (Å²) in [5.74, 6) is 0.632. The van der Waals surface area contributed by atoms with E-state index in [1.165, 1.54) is 10.9 Å². The number of hydrogen-bond donors (Lipinski definition) is 2. The summed E-state index contributed by atoms with van der Waals surface area (Å²) < 4.78 is 5.38. The van der Waals surface area contributed by atoms with Crippen LogP contribution in [0, 0.1) is 6.92 Å². The van der Waals surface area contributed by atoms with E-state index >= 15 is 0 Å². The Morgan fingerprint density at radius 3 is 2.66 bits per heavy atom. The van der Waals surface area contributed by atoms with Crippen LogP contribution in [-0.2, 0) is 6.42 Å². The molecule has 4 aromatic rings. The SMILES string of the molecule is COc1ccccc1-c1ccc(C(=O)NCCc2c(C)[nH]c3ccccc23)cn1. The van der Waals surface area contributed by atoms with Crippen LogP contribution in [-0.4, -0.2) is 29.5 Å². The van der Waals surface area contributed by atoms with Crippen molar-refractivity contribution in [3.05, 3.63) is 83.7 Å². The third-order valence-corrected chi connectivity index (χ3v) is 5.10. The zero-order chi connectivity index (χ0) is 20.2. The van der Waals surface area contributed by atoms with Gasteiger partial charge in [0.1, 0.15) is 5.75 Å². The number of carbonyl (C=O) groups excluding carboxylic acids is 1. The van der Waals surface area contributed by atoms with Gasteiger partial charge in [0.15, 0.2) is 0 Å². The lowest BCUT2D eigenvalue weighted by Crippen LogP contribution is -2.25. The summed E-state index contributed by atoms with van der Waals surface area (Å²) in [7, 11) is 1.63. The highest BCUT2D eigenvalue weighted by atomic mass is 16.5. The zero-order valence-corrected chi connectivity index (χ0v) is 16.5. The number of para-hydroxylation sites is 2. The van der Waals surface area contributed by atoms with Crippen LogP contribution < -0.4 is 10.1 Å². The average Bonchev–Trinajstić information content (AvgIpc) is 3.09. The highest BCUT2D eigenvalue weighted by Crippen LogP contribution is 2.28. The Hall–Kier alpha value is -3.60. The minimum Gasteiger partial charge on any atom is -0.496 e. The van der Waals surface area contributed by atoms with Gasteiger partial charge >= 0.3 is 0 Å². The first-order chi connectivity index (χ1) is 14.2. The number of H-pyrrole nitrogens is 1. The van der Waals surface area contributed by atoms with E-state index < -0.39 is 0 Å². The van der Waals surface area contributed by atoms with Gasteiger partial charge in [-0.2, -0.15) is 0 Å². The van der Waals surface area contributed by atoms with Crippen LogP contribution in [0.4, 0.5) is 0 Å². The van der Waals surface area contributed by atoms with E-state index in [1.54, 1.807) is 19.4 Å². The molecule has 29 heavy (non-hydrogen) atoms. The van der Waals surface area contributed by atoms with Gasteiger partial charge in [-0.05, 0) is 49.2 Å². The molecule has 0 radical (unpaired) electrons. The van der Waals surface area contributed by atoms with Crippen molar-refractivity contribution in [2.45, 2.75) is 13.3 Å². The van der Waals surface area contributed by atoms with Crippen molar-refractivity contribution in [2.75, 3.05) is 13.7 Å². The predicted octanol–water partition coefficient (Wildman–Crippen LogP) is 4.52. The second kappa shape index (κ2) is 8.19. The number of benzene rings is 2. The summed E-state index contributed by atoms with van der Waals surface area (Å²) in [5.41, 5.74) is 5.72. The number of fused-ring (bicyclic) bond motifs is 1. The maximum Gasteiger partial charge on any atom is 0.252 e. The lowest BCUT2D eigenvalue weighted by atomic mass is 10.1. The molecule has 2 N–H and O–H groups in total. The minimum atomic E-state index is -0.124. The van der Waals surface area contributed by atoms with E-state index in [9.17, 15) is 4.79 Å². The van der Waals surface area contributed by atoms with E-state index in [1.807, 2.05) is 42.5 Å². The second-order valence-electron chi connectivity index (χ2n) is 6.91. The first-order valence-corrected chi connectivity index (χ1v) is 9.61. The number of ether oxygens (including phenoxy) is 1. The number of amides is 1. The zero-order valence-electron chi connectivity index (χ0n) is 16.5. The van der Waals surface area contributed by atoms with Crippen molar-refractivity contribution in [3.63, 3.8) is 0 Å². The smallest absolute Gasteiger partial charge is 0.252 e. The number of aromatic amines is 1. The topological polar surface area (TPSA) is 67.0 Å². The molecule has 2 heterocycles. The number of hydrogen-bond acceptors (Lipinski definition) is 3. The monoisotopic (exact) mass is 385 g/mol. The summed E-state index contributed by atoms with van der Waals surface area (Å²) in [5, 5.41) is 4.20. The van der Waals surface area contributed by atoms with Gasteiger partial charge in [0.05, 0.1) is 18.4 Å². The van der Waals surface area contributed by atoms with Crippen LogP contribution in [0.3, 0.4) is 0 Å². The van der Waals surface area contributed by atoms with Crippen molar-refractivity contribution in [2.24, 2.45) is 0 Å². The first kappa shape index (κ1) is 18.7. The molecule has 2 aromatic carbocycles. The molecule has 0 saturated carbocycles. The fraction of sp³-hybridized carbons (Fsp3) is 0.167. The number of aryl methyl sites for hydroxylation is 1. The Morgan fingerprint density at radius 1 is 1.07 bits per heavy atom. The van der Waals surface area contributed by atoms with Crippen LogP contribution in [0.2, 0.25) is 0 Å². The van der Waals surface area contributed by atoms with Crippen molar-refractivity contribution in [1.82, 2.24) is 15.3 Å². The number of aromatic nitrogens is 2. The lowest BCUT2D eigenvalue weighted by Gasteiger charge is -2.09. The van der Waals surface area contributed by atoms with E-state index in [0.717, 1.165) is 34.6 Å². The number of methoxy groups -OCH3 is 1. The largest absolute Gasteiger partial charge is 0.496 e. The Labute approximate surface area is 169 Å². The molecule has 2 aromatic heterocycles. The van der Waals surface area contributed by atoms with Gasteiger partial charge in [-0.15, -0.1) is 0 Å². The Morgan fingerprint density at radius 2 is 1.86 bits per heavy atom. The van der Waals surface area contributed by atoms with Gasteiger partial charge in [-0.25, -0.2) is 0 Å². The molecule has 0 atom stereocenters. The van der Waals surface area contributed by atoms with Crippen LogP contribution in [0.1, 0.15) is 21.6 Å². The van der Waals surface area contributed by atoms with Gasteiger partial charge in [0.2, 0.25) is 0 Å². The number of carbonyl (C=O) groups is 1. The van der Waals surface area contributed by atoms with Gasteiger partial charge in [-0.1, -0.05) is 30.3 Å². The average molecular weight is 385 g/mol. The fourth-order valence-corrected chi connectivity index (χ4v) is 3.60. The van der Waals surface area contributed by atoms with Gasteiger partial charge in [-0.3, -0.25) is 9.78 Å². The molecule has 0 unspecified atom stereocenters. The maximum absolute atomic E-state index is 12.5. The van der Waals surface area contributed by atoms with E-state index in [4.69, 9.17) is 4.74 Å². The van der Waals surface area contributed by atoms with Crippen LogP contribution in [0.15, 0.2) is 66.9 Å². The third-order valence-electron chi connectivity index (χ3n) is 5.10. The summed E-state index contributed by atoms with van der Waals surface area (Å²) >= 11 is 0. The number of nitrogens with one attached hydrogen (secondary N) is 2. The fourth-order valence-electron chi connectivity index (χ4n) is 3.60. The van der Waals surface area contributed by atoms with E-state index in [0.29, 0.717) is 12.1 Å². The summed E-state index contributed by atoms with van der Waals surface area (Å²) in [6, 6.07) is 19.6. The standard InChI is InChI=1S/C24H23N3O2/c1-16-18(19-7-3-5-9-22(19)27-16)13-14-25-24(28)17-11-12-21(26-15-17)20-8-4-6-10-23(20)29-2/h3-12,15,27H,13-14H2,1-2H3,(H,25,28). The van der Waals surface area contributed by atoms with Crippen molar-refractivity contribution < 1.29 is 9.53 Å². The third kappa shape index (κ3) is 3.85. The summed E-state index contributed by atoms with van der Waals surface area (Å²) in [6.45, 7) is 2.63. The molecule has 0 aliphatic rings. The molecule has 0 spiro atoms. The van der Waals surface area contributed by atoms with Gasteiger partial charge in [0, 0.05) is 34.9 Å².